The average Bonchev–Trinajstić information content (AvgIpc) is 2.99. The van der Waals surface area contributed by atoms with Crippen molar-refractivity contribution >= 4 is 11.3 Å². The third-order valence-electron chi connectivity index (χ3n) is 3.00. The monoisotopic (exact) mass is 225 g/mol. The van der Waals surface area contributed by atoms with Crippen molar-refractivity contribution in [2.75, 3.05) is 13.6 Å². The van der Waals surface area contributed by atoms with Gasteiger partial charge in [0.2, 0.25) is 0 Å². The average molecular weight is 225 g/mol. The van der Waals surface area contributed by atoms with Crippen LogP contribution in [0, 0.1) is 0 Å². The van der Waals surface area contributed by atoms with Gasteiger partial charge < -0.3 is 5.73 Å². The number of nitrogens with two attached hydrogens (primary N) is 1. The molecule has 0 aromatic carbocycles. The lowest BCUT2D eigenvalue weighted by Gasteiger charge is -2.21. The highest BCUT2D eigenvalue weighted by Gasteiger charge is 2.26. The zero-order chi connectivity index (χ0) is 10.8. The van der Waals surface area contributed by atoms with Crippen molar-refractivity contribution in [1.29, 1.82) is 0 Å². The van der Waals surface area contributed by atoms with Crippen molar-refractivity contribution in [2.45, 2.75) is 38.3 Å². The molecule has 4 heteroatoms. The Morgan fingerprint density at radius 3 is 3.00 bits per heavy atom. The third-order valence-corrected chi connectivity index (χ3v) is 4.06. The molecule has 0 aliphatic heterocycles. The highest BCUT2D eigenvalue weighted by Crippen LogP contribution is 2.41. The molecule has 1 unspecified atom stereocenters. The molecule has 15 heavy (non-hydrogen) atoms. The van der Waals surface area contributed by atoms with E-state index in [1.54, 1.807) is 0 Å². The van der Waals surface area contributed by atoms with E-state index in [0.29, 0.717) is 12.6 Å². The zero-order valence-corrected chi connectivity index (χ0v) is 10.3. The number of thiazole rings is 1. The lowest BCUT2D eigenvalue weighted by molar-refractivity contribution is 0.252. The molecule has 0 spiro atoms. The fourth-order valence-corrected chi connectivity index (χ4v) is 2.49. The summed E-state index contributed by atoms with van der Waals surface area (Å²) in [6.45, 7) is 3.77. The smallest absolute Gasteiger partial charge is 0.0959 e. The van der Waals surface area contributed by atoms with Gasteiger partial charge in [0.05, 0.1) is 10.7 Å². The number of likely N-dealkylation sites (N-methyl/N-ethyl adjacent to an activating group) is 1. The first-order valence-electron chi connectivity index (χ1n) is 5.55. The predicted molar refractivity (Wildman–Crippen MR) is 64.1 cm³/mol. The van der Waals surface area contributed by atoms with Crippen molar-refractivity contribution in [3.8, 4) is 0 Å². The van der Waals surface area contributed by atoms with Gasteiger partial charge in [-0.05, 0) is 26.8 Å². The molecule has 1 aliphatic rings. The Kier molecular flexibility index (Phi) is 3.38. The third kappa shape index (κ3) is 2.77. The lowest BCUT2D eigenvalue weighted by Crippen LogP contribution is -2.34. The Labute approximate surface area is 95.3 Å². The fraction of sp³-hybridized carbons (Fsp3) is 0.727. The number of rotatable bonds is 5. The van der Waals surface area contributed by atoms with Crippen LogP contribution in [0.1, 0.15) is 36.4 Å². The van der Waals surface area contributed by atoms with Crippen molar-refractivity contribution < 1.29 is 0 Å². The number of nitrogens with zero attached hydrogens (tertiary/aromatic N) is 2. The Balaban J connectivity index is 1.91. The maximum Gasteiger partial charge on any atom is 0.0959 e. The van der Waals surface area contributed by atoms with Gasteiger partial charge in [0, 0.05) is 30.4 Å². The van der Waals surface area contributed by atoms with E-state index in [0.717, 1.165) is 12.5 Å². The Morgan fingerprint density at radius 1 is 1.67 bits per heavy atom. The van der Waals surface area contributed by atoms with Crippen LogP contribution in [0.3, 0.4) is 0 Å². The number of hydrogen-bond donors (Lipinski definition) is 1. The van der Waals surface area contributed by atoms with E-state index in [1.165, 1.54) is 23.5 Å². The molecule has 1 atom stereocenters. The van der Waals surface area contributed by atoms with E-state index in [2.05, 4.69) is 29.2 Å². The summed E-state index contributed by atoms with van der Waals surface area (Å²) in [6, 6.07) is 0.427. The second-order valence-corrected chi connectivity index (χ2v) is 5.34. The minimum atomic E-state index is 0.427. The van der Waals surface area contributed by atoms with Crippen molar-refractivity contribution in [3.05, 3.63) is 16.1 Å². The molecule has 0 radical (unpaired) electrons. The van der Waals surface area contributed by atoms with Crippen LogP contribution in [0.4, 0.5) is 0 Å². The highest BCUT2D eigenvalue weighted by atomic mass is 32.1. The molecular weight excluding hydrogens is 206 g/mol. The summed E-state index contributed by atoms with van der Waals surface area (Å²) in [7, 11) is 2.10. The first-order valence-corrected chi connectivity index (χ1v) is 6.43. The van der Waals surface area contributed by atoms with Crippen LogP contribution in [-0.2, 0) is 6.54 Å². The predicted octanol–water partition coefficient (Wildman–Crippen LogP) is 1.80. The van der Waals surface area contributed by atoms with Crippen LogP contribution in [0.5, 0.6) is 0 Å². The lowest BCUT2D eigenvalue weighted by atomic mass is 10.3. The zero-order valence-electron chi connectivity index (χ0n) is 9.44. The van der Waals surface area contributed by atoms with Gasteiger partial charge in [-0.1, -0.05) is 0 Å². The molecule has 84 valence electrons. The second kappa shape index (κ2) is 4.60. The quantitative estimate of drug-likeness (QED) is 0.831. The van der Waals surface area contributed by atoms with Crippen LogP contribution in [0.2, 0.25) is 0 Å². The first kappa shape index (κ1) is 11.0. The molecule has 1 aromatic heterocycles. The number of aromatic nitrogens is 1. The first-order chi connectivity index (χ1) is 7.20. The summed E-state index contributed by atoms with van der Waals surface area (Å²) in [6.07, 6.45) is 2.67. The van der Waals surface area contributed by atoms with Crippen molar-refractivity contribution in [2.24, 2.45) is 5.73 Å². The summed E-state index contributed by atoms with van der Waals surface area (Å²) < 4.78 is 0. The fourth-order valence-electron chi connectivity index (χ4n) is 1.50. The minimum Gasteiger partial charge on any atom is -0.329 e. The molecule has 1 heterocycles. The molecule has 1 aliphatic carbocycles. The summed E-state index contributed by atoms with van der Waals surface area (Å²) in [5, 5.41) is 3.52. The molecule has 1 saturated carbocycles. The van der Waals surface area contributed by atoms with Gasteiger partial charge in [-0.25, -0.2) is 4.98 Å². The van der Waals surface area contributed by atoms with Crippen molar-refractivity contribution in [1.82, 2.24) is 9.88 Å². The molecule has 0 saturated heterocycles. The summed E-state index contributed by atoms with van der Waals surface area (Å²) in [5.41, 5.74) is 6.83. The molecular formula is C11H19N3S. The molecule has 0 bridgehead atoms. The molecule has 1 fully saturated rings. The maximum absolute atomic E-state index is 5.63. The van der Waals surface area contributed by atoms with E-state index in [1.807, 2.05) is 11.3 Å². The van der Waals surface area contributed by atoms with Gasteiger partial charge in [-0.15, -0.1) is 11.3 Å². The van der Waals surface area contributed by atoms with E-state index < -0.39 is 0 Å². The van der Waals surface area contributed by atoms with Crippen molar-refractivity contribution in [3.63, 3.8) is 0 Å². The van der Waals surface area contributed by atoms with Gasteiger partial charge in [-0.3, -0.25) is 4.90 Å². The van der Waals surface area contributed by atoms with Crippen LogP contribution in [-0.4, -0.2) is 29.5 Å². The topological polar surface area (TPSA) is 42.1 Å². The van der Waals surface area contributed by atoms with Crippen LogP contribution < -0.4 is 5.73 Å². The Morgan fingerprint density at radius 2 is 2.40 bits per heavy atom. The van der Waals surface area contributed by atoms with Crippen LogP contribution in [0.25, 0.3) is 0 Å². The molecule has 3 nitrogen and oxygen atoms in total. The van der Waals surface area contributed by atoms with E-state index in [4.69, 9.17) is 5.73 Å². The van der Waals surface area contributed by atoms with Crippen LogP contribution in [0.15, 0.2) is 5.38 Å². The normalized spacial score (nSPS) is 18.4. The molecule has 2 N–H and O–H groups in total. The van der Waals surface area contributed by atoms with Crippen LogP contribution >= 0.6 is 11.3 Å². The highest BCUT2D eigenvalue weighted by molar-refractivity contribution is 7.09. The maximum atomic E-state index is 5.63. The van der Waals surface area contributed by atoms with Gasteiger partial charge in [0.15, 0.2) is 0 Å². The molecule has 1 aromatic rings. The van der Waals surface area contributed by atoms with E-state index in [9.17, 15) is 0 Å². The Hall–Kier alpha value is -0.450. The van der Waals surface area contributed by atoms with E-state index in [-0.39, 0.29) is 0 Å². The van der Waals surface area contributed by atoms with Gasteiger partial charge in [-0.2, -0.15) is 0 Å². The van der Waals surface area contributed by atoms with Gasteiger partial charge >= 0.3 is 0 Å². The summed E-state index contributed by atoms with van der Waals surface area (Å²) in [5.74, 6) is 0.779. The summed E-state index contributed by atoms with van der Waals surface area (Å²) in [4.78, 5) is 6.92. The second-order valence-electron chi connectivity index (χ2n) is 4.45. The molecule has 2 rings (SSSR count). The number of hydrogen-bond acceptors (Lipinski definition) is 4. The Bertz CT molecular complexity index is 319. The standard InChI is InChI=1S/C11H19N3S/c1-8(5-12)14(2)6-10-7-15-11(13-10)9-3-4-9/h7-9H,3-6,12H2,1-2H3. The van der Waals surface area contributed by atoms with Gasteiger partial charge in [0.1, 0.15) is 0 Å². The molecule has 0 amide bonds. The summed E-state index contributed by atoms with van der Waals surface area (Å²) >= 11 is 1.81. The van der Waals surface area contributed by atoms with Gasteiger partial charge in [0.25, 0.3) is 0 Å². The SMILES string of the molecule is CC(CN)N(C)Cc1csc(C2CC2)n1. The minimum absolute atomic E-state index is 0.427. The largest absolute Gasteiger partial charge is 0.329 e. The van der Waals surface area contributed by atoms with E-state index >= 15 is 0 Å².